The van der Waals surface area contributed by atoms with Crippen LogP contribution in [0.15, 0.2) is 65.5 Å². The summed E-state index contributed by atoms with van der Waals surface area (Å²) in [5.74, 6) is -0.794. The van der Waals surface area contributed by atoms with Crippen LogP contribution in [0.5, 0.6) is 0 Å². The van der Waals surface area contributed by atoms with Gasteiger partial charge in [0.05, 0.1) is 6.26 Å². The Morgan fingerprint density at radius 2 is 2.08 bits per heavy atom. The molecule has 0 saturated carbocycles. The Labute approximate surface area is 144 Å². The number of nitrogens with one attached hydrogen (secondary N) is 2. The van der Waals surface area contributed by atoms with Crippen molar-refractivity contribution >= 4 is 17.5 Å². The fourth-order valence-corrected chi connectivity index (χ4v) is 2.45. The topological polar surface area (TPSA) is 89.2 Å². The molecule has 0 radical (unpaired) electrons. The Morgan fingerprint density at radius 3 is 2.76 bits per heavy atom. The number of amides is 2. The Kier molecular flexibility index (Phi) is 4.94. The molecule has 7 heteroatoms. The van der Waals surface area contributed by atoms with Crippen molar-refractivity contribution in [2.75, 3.05) is 11.9 Å². The van der Waals surface area contributed by atoms with Crippen molar-refractivity contribution in [2.24, 2.45) is 0 Å². The second kappa shape index (κ2) is 7.48. The van der Waals surface area contributed by atoms with Gasteiger partial charge in [0.25, 0.3) is 0 Å². The first-order valence-electron chi connectivity index (χ1n) is 7.82. The monoisotopic (exact) mass is 338 g/mol. The molecule has 7 nitrogen and oxygen atoms in total. The first-order chi connectivity index (χ1) is 12.1. The first-order valence-corrected chi connectivity index (χ1v) is 7.82. The lowest BCUT2D eigenvalue weighted by Crippen LogP contribution is -2.38. The van der Waals surface area contributed by atoms with E-state index in [0.29, 0.717) is 11.4 Å². The molecule has 1 aromatic carbocycles. The lowest BCUT2D eigenvalue weighted by molar-refractivity contribution is -0.136. The molecule has 3 rings (SSSR count). The number of nitrogens with zero attached hydrogens (tertiary/aromatic N) is 2. The summed E-state index contributed by atoms with van der Waals surface area (Å²) in [7, 11) is 0. The minimum absolute atomic E-state index is 0.176. The molecule has 128 valence electrons. The van der Waals surface area contributed by atoms with Crippen molar-refractivity contribution in [3.8, 4) is 0 Å². The summed E-state index contributed by atoms with van der Waals surface area (Å²) in [5, 5.41) is 9.38. The Balaban J connectivity index is 1.62. The maximum Gasteiger partial charge on any atom is 0.313 e. The Hall–Kier alpha value is -3.35. The second-order valence-corrected chi connectivity index (χ2v) is 5.55. The predicted octanol–water partition coefficient (Wildman–Crippen LogP) is 2.13. The summed E-state index contributed by atoms with van der Waals surface area (Å²) in [6.45, 7) is 2.09. The van der Waals surface area contributed by atoms with Crippen LogP contribution in [0.25, 0.3) is 0 Å². The van der Waals surface area contributed by atoms with Crippen molar-refractivity contribution in [1.82, 2.24) is 15.1 Å². The summed E-state index contributed by atoms with van der Waals surface area (Å²) in [5.41, 5.74) is 1.57. The largest absolute Gasteiger partial charge is 0.467 e. The molecule has 2 heterocycles. The van der Waals surface area contributed by atoms with E-state index in [1.165, 1.54) is 0 Å². The highest BCUT2D eigenvalue weighted by Gasteiger charge is 2.20. The Morgan fingerprint density at radius 1 is 1.20 bits per heavy atom. The molecule has 25 heavy (non-hydrogen) atoms. The predicted molar refractivity (Wildman–Crippen MR) is 91.9 cm³/mol. The van der Waals surface area contributed by atoms with Crippen molar-refractivity contribution in [2.45, 2.75) is 13.0 Å². The van der Waals surface area contributed by atoms with Crippen LogP contribution >= 0.6 is 0 Å². The van der Waals surface area contributed by atoms with Gasteiger partial charge in [0.15, 0.2) is 0 Å². The van der Waals surface area contributed by atoms with Crippen LogP contribution < -0.4 is 10.6 Å². The van der Waals surface area contributed by atoms with Gasteiger partial charge < -0.3 is 15.1 Å². The van der Waals surface area contributed by atoms with E-state index in [1.54, 1.807) is 53.7 Å². The van der Waals surface area contributed by atoms with Crippen LogP contribution in [0, 0.1) is 6.92 Å². The van der Waals surface area contributed by atoms with E-state index < -0.39 is 11.8 Å². The van der Waals surface area contributed by atoms with Crippen LogP contribution in [0.1, 0.15) is 17.4 Å². The number of aromatic nitrogens is 2. The molecule has 0 bridgehead atoms. The zero-order valence-corrected chi connectivity index (χ0v) is 13.7. The van der Waals surface area contributed by atoms with E-state index in [0.717, 1.165) is 5.56 Å². The fourth-order valence-electron chi connectivity index (χ4n) is 2.45. The number of hydrogen-bond donors (Lipinski definition) is 2. The number of anilines is 1. The molecule has 2 amide bonds. The first kappa shape index (κ1) is 16.5. The van der Waals surface area contributed by atoms with Gasteiger partial charge in [-0.05, 0) is 42.8 Å². The van der Waals surface area contributed by atoms with Crippen molar-refractivity contribution in [3.05, 3.63) is 72.4 Å². The molecule has 0 saturated heterocycles. The number of aryl methyl sites for hydroxylation is 1. The van der Waals surface area contributed by atoms with Crippen LogP contribution in [0.2, 0.25) is 0 Å². The number of hydrogen-bond acceptors (Lipinski definition) is 4. The molecule has 0 aliphatic carbocycles. The van der Waals surface area contributed by atoms with Gasteiger partial charge in [0.1, 0.15) is 11.8 Å². The number of carbonyl (C=O) groups excluding carboxylic acids is 2. The van der Waals surface area contributed by atoms with Gasteiger partial charge in [0.2, 0.25) is 0 Å². The van der Waals surface area contributed by atoms with Gasteiger partial charge in [-0.2, -0.15) is 5.10 Å². The van der Waals surface area contributed by atoms with E-state index in [4.69, 9.17) is 4.42 Å². The van der Waals surface area contributed by atoms with Crippen molar-refractivity contribution in [3.63, 3.8) is 0 Å². The maximum absolute atomic E-state index is 12.1. The number of carbonyl (C=O) groups is 2. The third kappa shape index (κ3) is 4.14. The molecule has 2 N–H and O–H groups in total. The molecule has 0 spiro atoms. The normalized spacial score (nSPS) is 11.7. The lowest BCUT2D eigenvalue weighted by Gasteiger charge is -2.16. The van der Waals surface area contributed by atoms with Gasteiger partial charge in [-0.1, -0.05) is 12.1 Å². The smallest absolute Gasteiger partial charge is 0.313 e. The summed E-state index contributed by atoms with van der Waals surface area (Å²) in [4.78, 5) is 24.1. The van der Waals surface area contributed by atoms with Crippen LogP contribution in [0.4, 0.5) is 5.69 Å². The summed E-state index contributed by atoms with van der Waals surface area (Å²) in [6, 6.07) is 12.3. The lowest BCUT2D eigenvalue weighted by atomic mass is 10.2. The quantitative estimate of drug-likeness (QED) is 0.698. The molecule has 3 aromatic rings. The summed E-state index contributed by atoms with van der Waals surface area (Å²) < 4.78 is 7.07. The van der Waals surface area contributed by atoms with Crippen LogP contribution in [-0.4, -0.2) is 28.1 Å². The number of furan rings is 1. The average Bonchev–Trinajstić information content (AvgIpc) is 3.29. The molecule has 2 aromatic heterocycles. The molecule has 0 aliphatic rings. The molecular formula is C18H18N4O3. The molecule has 0 aliphatic heterocycles. The van der Waals surface area contributed by atoms with Crippen molar-refractivity contribution in [1.29, 1.82) is 0 Å². The number of benzene rings is 1. The van der Waals surface area contributed by atoms with E-state index in [-0.39, 0.29) is 12.6 Å². The Bertz CT molecular complexity index is 807. The second-order valence-electron chi connectivity index (χ2n) is 5.55. The van der Waals surface area contributed by atoms with Gasteiger partial charge >= 0.3 is 11.8 Å². The summed E-state index contributed by atoms with van der Waals surface area (Å²) in [6.07, 6.45) is 4.96. The fraction of sp³-hybridized carbons (Fsp3) is 0.167. The minimum Gasteiger partial charge on any atom is -0.467 e. The third-order valence-electron chi connectivity index (χ3n) is 3.65. The van der Waals surface area contributed by atoms with E-state index in [2.05, 4.69) is 15.7 Å². The minimum atomic E-state index is -0.718. The maximum atomic E-state index is 12.1. The average molecular weight is 338 g/mol. The standard InChI is InChI=1S/C18H18N4O3/c1-13-5-2-6-14(11-13)21-18(24)17(23)19-12-15(16-7-3-10-25-16)22-9-4-8-20-22/h2-11,15H,12H2,1H3,(H,19,23)(H,21,24)/t15-/m1/s1. The van der Waals surface area contributed by atoms with E-state index in [1.807, 2.05) is 19.1 Å². The van der Waals surface area contributed by atoms with Gasteiger partial charge in [-0.15, -0.1) is 0 Å². The van der Waals surface area contributed by atoms with Gasteiger partial charge in [0, 0.05) is 24.6 Å². The van der Waals surface area contributed by atoms with Gasteiger partial charge in [-0.3, -0.25) is 14.3 Å². The molecular weight excluding hydrogens is 320 g/mol. The number of rotatable bonds is 5. The highest BCUT2D eigenvalue weighted by Crippen LogP contribution is 2.17. The van der Waals surface area contributed by atoms with E-state index >= 15 is 0 Å². The van der Waals surface area contributed by atoms with Crippen LogP contribution in [0.3, 0.4) is 0 Å². The highest BCUT2D eigenvalue weighted by atomic mass is 16.3. The van der Waals surface area contributed by atoms with Gasteiger partial charge in [-0.25, -0.2) is 0 Å². The van der Waals surface area contributed by atoms with E-state index in [9.17, 15) is 9.59 Å². The molecule has 0 unspecified atom stereocenters. The summed E-state index contributed by atoms with van der Waals surface area (Å²) >= 11 is 0. The third-order valence-corrected chi connectivity index (χ3v) is 3.65. The van der Waals surface area contributed by atoms with Crippen molar-refractivity contribution < 1.29 is 14.0 Å². The molecule has 0 fully saturated rings. The highest BCUT2D eigenvalue weighted by molar-refractivity contribution is 6.39. The zero-order chi connectivity index (χ0) is 17.6. The van der Waals surface area contributed by atoms with Crippen LogP contribution in [-0.2, 0) is 9.59 Å². The SMILES string of the molecule is Cc1cccc(NC(=O)C(=O)NC[C@H](c2ccco2)n2cccn2)c1. The zero-order valence-electron chi connectivity index (χ0n) is 13.7. The molecule has 1 atom stereocenters.